The number of aromatic nitrogens is 2. The molecule has 0 radical (unpaired) electrons. The maximum atomic E-state index is 13.1. The van der Waals surface area contributed by atoms with Gasteiger partial charge in [-0.25, -0.2) is 0 Å². The number of hydrogen-bond acceptors (Lipinski definition) is 14. The van der Waals surface area contributed by atoms with Gasteiger partial charge in [-0.3, -0.25) is 29.1 Å². The summed E-state index contributed by atoms with van der Waals surface area (Å²) in [6.07, 6.45) is 10.2. The number of carbonyl (C=O) groups is 4. The van der Waals surface area contributed by atoms with Gasteiger partial charge in [-0.15, -0.1) is 0 Å². The second-order valence-electron chi connectivity index (χ2n) is 18.0. The van der Waals surface area contributed by atoms with Gasteiger partial charge in [-0.1, -0.05) is 0 Å². The zero-order valence-electron chi connectivity index (χ0n) is 44.5. The highest BCUT2D eigenvalue weighted by molar-refractivity contribution is 5.98. The van der Waals surface area contributed by atoms with Crippen molar-refractivity contribution >= 4 is 45.2 Å². The van der Waals surface area contributed by atoms with Gasteiger partial charge in [0.15, 0.2) is 46.0 Å². The molecule has 2 aliphatic heterocycles. The fraction of sp³-hybridized carbons (Fsp3) is 0.393. The highest BCUT2D eigenvalue weighted by Gasteiger charge is 2.28. The number of fused-ring (bicyclic) bond motifs is 4. The first-order valence-electron chi connectivity index (χ1n) is 24.3. The van der Waals surface area contributed by atoms with Gasteiger partial charge in [-0.2, -0.15) is 0 Å². The van der Waals surface area contributed by atoms with E-state index in [1.54, 1.807) is 118 Å². The van der Waals surface area contributed by atoms with Crippen molar-refractivity contribution in [3.05, 3.63) is 107 Å². The van der Waals surface area contributed by atoms with E-state index in [1.165, 1.54) is 0 Å². The van der Waals surface area contributed by atoms with Gasteiger partial charge in [0.05, 0.1) is 69.7 Å². The van der Waals surface area contributed by atoms with Gasteiger partial charge < -0.3 is 63.0 Å². The summed E-state index contributed by atoms with van der Waals surface area (Å²) in [5.41, 5.74) is 4.85. The van der Waals surface area contributed by atoms with Crippen molar-refractivity contribution in [2.45, 2.75) is 38.5 Å². The molecule has 2 aliphatic rings. The summed E-state index contributed by atoms with van der Waals surface area (Å²) in [6.45, 7) is 3.47. The van der Waals surface area contributed by atoms with Gasteiger partial charge in [0, 0.05) is 100 Å². The van der Waals surface area contributed by atoms with Crippen LogP contribution in [0.3, 0.4) is 0 Å². The lowest BCUT2D eigenvalue weighted by molar-refractivity contribution is -0.130. The zero-order valence-corrected chi connectivity index (χ0v) is 44.5. The highest BCUT2D eigenvalue weighted by Crippen LogP contribution is 2.37. The van der Waals surface area contributed by atoms with Gasteiger partial charge in [0.1, 0.15) is 0 Å². The summed E-state index contributed by atoms with van der Waals surface area (Å²) < 4.78 is 43.1. The molecule has 4 aromatic carbocycles. The Morgan fingerprint density at radius 1 is 0.480 bits per heavy atom. The first-order valence-corrected chi connectivity index (χ1v) is 24.3. The normalized spacial score (nSPS) is 12.6. The predicted octanol–water partition coefficient (Wildman–Crippen LogP) is 5.89. The molecule has 0 fully saturated rings. The number of likely N-dealkylation sites (N-methyl/N-ethyl adjacent to an activating group) is 2. The van der Waals surface area contributed by atoms with Crippen LogP contribution in [-0.2, 0) is 35.3 Å². The molecule has 0 atom stereocenters. The minimum Gasteiger partial charge on any atom is -0.493 e. The number of hydrogen-bond donors (Lipinski definition) is 0. The van der Waals surface area contributed by atoms with Crippen LogP contribution in [0, 0.1) is 0 Å². The van der Waals surface area contributed by atoms with Crippen LogP contribution in [-0.4, -0.2) is 169 Å². The topological polar surface area (TPSA) is 212 Å². The van der Waals surface area contributed by atoms with Crippen molar-refractivity contribution in [1.29, 1.82) is 0 Å². The molecular formula is C56H68N6O13. The lowest BCUT2D eigenvalue weighted by atomic mass is 9.98. The highest BCUT2D eigenvalue weighted by atomic mass is 16.5. The van der Waals surface area contributed by atoms with Crippen LogP contribution in [0.25, 0.3) is 21.5 Å². The van der Waals surface area contributed by atoms with Crippen molar-refractivity contribution in [3.63, 3.8) is 0 Å². The maximum Gasteiger partial charge on any atom is 0.254 e. The molecule has 0 bridgehead atoms. The average molecular weight is 1030 g/mol. The lowest BCUT2D eigenvalue weighted by Crippen LogP contribution is -2.39. The Balaban J connectivity index is 0.000000241. The molecular weight excluding hydrogens is 965 g/mol. The zero-order chi connectivity index (χ0) is 53.1. The Bertz CT molecular complexity index is 2820. The number of methoxy groups -OCH3 is 8. The molecule has 8 rings (SSSR count). The maximum absolute atomic E-state index is 13.1. The van der Waals surface area contributed by atoms with Crippen molar-refractivity contribution in [1.82, 2.24) is 29.6 Å². The first kappa shape index (κ1) is 56.2. The van der Waals surface area contributed by atoms with Crippen molar-refractivity contribution in [2.75, 3.05) is 110 Å². The lowest BCUT2D eigenvalue weighted by Gasteiger charge is -2.30. The van der Waals surface area contributed by atoms with E-state index in [-0.39, 0.29) is 41.9 Å². The molecule has 0 aliphatic carbocycles. The number of ether oxygens (including phenoxy) is 8. The molecule has 2 N–H and O–H groups in total. The van der Waals surface area contributed by atoms with Crippen molar-refractivity contribution in [3.8, 4) is 46.0 Å². The monoisotopic (exact) mass is 1030 g/mol. The Labute approximate surface area is 437 Å². The summed E-state index contributed by atoms with van der Waals surface area (Å²) >= 11 is 0. The quantitative estimate of drug-likeness (QED) is 0.0873. The van der Waals surface area contributed by atoms with Gasteiger partial charge in [0.25, 0.3) is 11.8 Å². The molecule has 19 nitrogen and oxygen atoms in total. The third-order valence-corrected chi connectivity index (χ3v) is 13.6. The van der Waals surface area contributed by atoms with E-state index in [1.807, 2.05) is 46.2 Å². The van der Waals surface area contributed by atoms with Crippen LogP contribution >= 0.6 is 0 Å². The summed E-state index contributed by atoms with van der Waals surface area (Å²) in [5.74, 6) is 4.69. The Kier molecular flexibility index (Phi) is 19.3. The van der Waals surface area contributed by atoms with Crippen LogP contribution < -0.4 is 37.9 Å². The van der Waals surface area contributed by atoms with Crippen LogP contribution in [0.4, 0.5) is 0 Å². The van der Waals surface area contributed by atoms with Crippen molar-refractivity contribution in [2.24, 2.45) is 0 Å². The number of pyridine rings is 2. The Morgan fingerprint density at radius 3 is 1.15 bits per heavy atom. The molecule has 400 valence electrons. The van der Waals surface area contributed by atoms with E-state index in [2.05, 4.69) is 9.97 Å². The molecule has 0 unspecified atom stereocenters. The third-order valence-electron chi connectivity index (χ3n) is 13.6. The number of rotatable bonds is 20. The SMILES string of the molecule is COc1cc2c(cc1OC)C(=O)N(CCCN(C)C(=O)Cc1cncc3cc(OC)c(OC)cc13)CC2.COc1cc2c(cc1OC)C(=O)N(CCCN(C)C(=O)Cc1cncc3cc(OC)c(OC)cc13)CC2.O. The van der Waals surface area contributed by atoms with E-state index in [4.69, 9.17) is 37.9 Å². The summed E-state index contributed by atoms with van der Waals surface area (Å²) in [4.78, 5) is 67.9. The fourth-order valence-corrected chi connectivity index (χ4v) is 9.37. The van der Waals surface area contributed by atoms with Crippen LogP contribution in [0.5, 0.6) is 46.0 Å². The molecule has 2 aromatic heterocycles. The number of carbonyl (C=O) groups excluding carboxylic acids is 4. The van der Waals surface area contributed by atoms with E-state index >= 15 is 0 Å². The Hall–Kier alpha value is -8.06. The van der Waals surface area contributed by atoms with Crippen molar-refractivity contribution < 1.29 is 62.5 Å². The second kappa shape index (κ2) is 25.7. The number of benzene rings is 4. The summed E-state index contributed by atoms with van der Waals surface area (Å²) in [5, 5.41) is 3.56. The van der Waals surface area contributed by atoms with Gasteiger partial charge in [-0.05, 0) is 107 Å². The van der Waals surface area contributed by atoms with E-state index in [0.29, 0.717) is 109 Å². The number of amides is 4. The van der Waals surface area contributed by atoms with Crippen LogP contribution in [0.2, 0.25) is 0 Å². The van der Waals surface area contributed by atoms with Crippen LogP contribution in [0.1, 0.15) is 55.8 Å². The molecule has 75 heavy (non-hydrogen) atoms. The average Bonchev–Trinajstić information content (AvgIpc) is 3.42. The summed E-state index contributed by atoms with van der Waals surface area (Å²) in [7, 11) is 16.2. The third kappa shape index (κ3) is 12.7. The molecule has 0 saturated carbocycles. The minimum atomic E-state index is -0.0256. The molecule has 6 aromatic rings. The predicted molar refractivity (Wildman–Crippen MR) is 284 cm³/mol. The largest absolute Gasteiger partial charge is 0.493 e. The molecule has 0 spiro atoms. The van der Waals surface area contributed by atoms with Gasteiger partial charge >= 0.3 is 0 Å². The molecule has 4 heterocycles. The minimum absolute atomic E-state index is 0. The Morgan fingerprint density at radius 2 is 0.800 bits per heavy atom. The fourth-order valence-electron chi connectivity index (χ4n) is 9.37. The molecule has 19 heteroatoms. The summed E-state index contributed by atoms with van der Waals surface area (Å²) in [6, 6.07) is 14.7. The smallest absolute Gasteiger partial charge is 0.254 e. The van der Waals surface area contributed by atoms with Crippen LogP contribution in [0.15, 0.2) is 73.3 Å². The van der Waals surface area contributed by atoms with E-state index < -0.39 is 0 Å². The van der Waals surface area contributed by atoms with E-state index in [9.17, 15) is 19.2 Å². The standard InChI is InChI=1S/2C28H33N3O6.H2O/c2*1-30(27(32)13-20-17-29-16-19-12-24(35-3)25(36-4)14-21(19)20)8-6-9-31-10-7-18-11-23(34-2)26(37-5)15-22(18)28(31)33;/h2*11-12,14-17H,6-10,13H2,1-5H3;1H2. The molecule has 4 amide bonds. The second-order valence-corrected chi connectivity index (χ2v) is 18.0. The molecule has 0 saturated heterocycles. The number of nitrogens with zero attached hydrogens (tertiary/aromatic N) is 6. The van der Waals surface area contributed by atoms with Gasteiger partial charge in [0.2, 0.25) is 11.8 Å². The first-order chi connectivity index (χ1) is 35.8. The van der Waals surface area contributed by atoms with E-state index in [0.717, 1.165) is 56.6 Å².